The zero-order valence-electron chi connectivity index (χ0n) is 11.2. The molecule has 0 saturated heterocycles. The summed E-state index contributed by atoms with van der Waals surface area (Å²) in [7, 11) is 2.22. The highest BCUT2D eigenvalue weighted by molar-refractivity contribution is 6.31. The number of halogens is 1. The fraction of sp³-hybridized carbons (Fsp3) is 0.375. The molecule has 0 radical (unpaired) electrons. The van der Waals surface area contributed by atoms with Gasteiger partial charge >= 0.3 is 0 Å². The maximum absolute atomic E-state index is 6.41. The summed E-state index contributed by atoms with van der Waals surface area (Å²) >= 11 is 6.41. The predicted octanol–water partition coefficient (Wildman–Crippen LogP) is 3.64. The van der Waals surface area contributed by atoms with Crippen molar-refractivity contribution in [1.82, 2.24) is 9.47 Å². The van der Waals surface area contributed by atoms with Gasteiger partial charge in [0.2, 0.25) is 0 Å². The van der Waals surface area contributed by atoms with Crippen LogP contribution in [0.4, 0.5) is 0 Å². The number of para-hydroxylation sites is 1. The molecule has 4 rings (SSSR count). The van der Waals surface area contributed by atoms with Crippen LogP contribution >= 0.6 is 11.6 Å². The van der Waals surface area contributed by atoms with Crippen molar-refractivity contribution < 1.29 is 0 Å². The van der Waals surface area contributed by atoms with Gasteiger partial charge in [0.1, 0.15) is 5.15 Å². The van der Waals surface area contributed by atoms with E-state index in [4.69, 9.17) is 11.6 Å². The van der Waals surface area contributed by atoms with E-state index >= 15 is 0 Å². The maximum Gasteiger partial charge on any atom is 0.110 e. The third kappa shape index (κ3) is 1.53. The van der Waals surface area contributed by atoms with Crippen LogP contribution in [0.1, 0.15) is 12.5 Å². The lowest BCUT2D eigenvalue weighted by atomic mass is 9.86. The highest BCUT2D eigenvalue weighted by Crippen LogP contribution is 2.40. The number of rotatable bonds is 0. The highest BCUT2D eigenvalue weighted by atomic mass is 35.5. The first-order valence-electron chi connectivity index (χ1n) is 6.85. The van der Waals surface area contributed by atoms with E-state index in [1.165, 1.54) is 22.0 Å². The number of likely N-dealkylation sites (N-methyl/N-ethyl adjacent to an activating group) is 1. The van der Waals surface area contributed by atoms with E-state index in [1.807, 2.05) is 0 Å². The van der Waals surface area contributed by atoms with E-state index in [2.05, 4.69) is 53.8 Å². The second-order valence-electron chi connectivity index (χ2n) is 5.88. The average molecular weight is 273 g/mol. The molecule has 2 atom stereocenters. The Morgan fingerprint density at radius 1 is 1.26 bits per heavy atom. The molecule has 2 aromatic rings. The van der Waals surface area contributed by atoms with E-state index in [1.54, 1.807) is 0 Å². The number of nitrogens with zero attached hydrogens (tertiary/aromatic N) is 2. The molecule has 3 heteroatoms. The van der Waals surface area contributed by atoms with E-state index in [0.29, 0.717) is 12.0 Å². The van der Waals surface area contributed by atoms with Crippen LogP contribution in [0.3, 0.4) is 0 Å². The summed E-state index contributed by atoms with van der Waals surface area (Å²) in [6.45, 7) is 4.38. The van der Waals surface area contributed by atoms with Crippen molar-refractivity contribution in [1.29, 1.82) is 0 Å². The lowest BCUT2D eigenvalue weighted by Gasteiger charge is -2.39. The van der Waals surface area contributed by atoms with Crippen molar-refractivity contribution in [3.05, 3.63) is 41.1 Å². The average Bonchev–Trinajstić information content (AvgIpc) is 2.69. The number of hydrogen-bond donors (Lipinski definition) is 0. The van der Waals surface area contributed by atoms with Crippen molar-refractivity contribution in [2.45, 2.75) is 19.5 Å². The van der Waals surface area contributed by atoms with Crippen LogP contribution in [-0.4, -0.2) is 29.1 Å². The van der Waals surface area contributed by atoms with E-state index < -0.39 is 0 Å². The number of benzene rings is 1. The minimum Gasteiger partial charge on any atom is -0.329 e. The van der Waals surface area contributed by atoms with Gasteiger partial charge in [-0.2, -0.15) is 0 Å². The number of hydrogen-bond acceptors (Lipinski definition) is 1. The van der Waals surface area contributed by atoms with Gasteiger partial charge in [-0.1, -0.05) is 42.8 Å². The minimum absolute atomic E-state index is 0.458. The Kier molecular flexibility index (Phi) is 2.36. The van der Waals surface area contributed by atoms with Crippen molar-refractivity contribution >= 4 is 28.1 Å². The van der Waals surface area contributed by atoms with Gasteiger partial charge in [-0.15, -0.1) is 0 Å². The molecule has 1 aromatic heterocycles. The predicted molar refractivity (Wildman–Crippen MR) is 80.5 cm³/mol. The SMILES string of the molecule is C[C@@H]1C=C2c3cccc4cc(Cl)n(c34)CC2N(C)C1. The minimum atomic E-state index is 0.458. The third-order valence-electron chi connectivity index (χ3n) is 4.47. The van der Waals surface area contributed by atoms with Crippen LogP contribution < -0.4 is 0 Å². The Morgan fingerprint density at radius 2 is 2.11 bits per heavy atom. The van der Waals surface area contributed by atoms with Crippen molar-refractivity contribution in [2.75, 3.05) is 13.6 Å². The first kappa shape index (κ1) is 11.6. The molecule has 2 nitrogen and oxygen atoms in total. The van der Waals surface area contributed by atoms with Crippen molar-refractivity contribution in [2.24, 2.45) is 5.92 Å². The lowest BCUT2D eigenvalue weighted by molar-refractivity contribution is 0.234. The highest BCUT2D eigenvalue weighted by Gasteiger charge is 2.32. The fourth-order valence-electron chi connectivity index (χ4n) is 3.67. The molecule has 0 aliphatic carbocycles. The first-order valence-corrected chi connectivity index (χ1v) is 7.23. The number of fused-ring (bicyclic) bond motifs is 2. The largest absolute Gasteiger partial charge is 0.329 e. The van der Waals surface area contributed by atoms with Gasteiger partial charge in [-0.3, -0.25) is 4.90 Å². The molecule has 0 bridgehead atoms. The van der Waals surface area contributed by atoms with Crippen LogP contribution in [0.25, 0.3) is 16.5 Å². The third-order valence-corrected chi connectivity index (χ3v) is 4.78. The fourth-order valence-corrected chi connectivity index (χ4v) is 3.94. The van der Waals surface area contributed by atoms with Crippen molar-refractivity contribution in [3.63, 3.8) is 0 Å². The molecule has 98 valence electrons. The summed E-state index contributed by atoms with van der Waals surface area (Å²) in [5, 5.41) is 2.11. The molecule has 2 aliphatic rings. The molecule has 1 aromatic carbocycles. The second kappa shape index (κ2) is 3.87. The summed E-state index contributed by atoms with van der Waals surface area (Å²) in [6.07, 6.45) is 2.45. The molecule has 2 aliphatic heterocycles. The maximum atomic E-state index is 6.41. The summed E-state index contributed by atoms with van der Waals surface area (Å²) in [6, 6.07) is 9.07. The summed E-state index contributed by atoms with van der Waals surface area (Å²) in [5.74, 6) is 0.614. The van der Waals surface area contributed by atoms with Gasteiger partial charge < -0.3 is 4.57 Å². The van der Waals surface area contributed by atoms with Gasteiger partial charge in [0.25, 0.3) is 0 Å². The topological polar surface area (TPSA) is 8.17 Å². The molecule has 1 unspecified atom stereocenters. The van der Waals surface area contributed by atoms with Gasteiger partial charge in [-0.25, -0.2) is 0 Å². The van der Waals surface area contributed by atoms with Crippen LogP contribution in [0.5, 0.6) is 0 Å². The van der Waals surface area contributed by atoms with Crippen LogP contribution in [0, 0.1) is 5.92 Å². The molecule has 0 saturated carbocycles. The molecular formula is C16H17ClN2. The molecule has 0 amide bonds. The Hall–Kier alpha value is -1.25. The zero-order valence-corrected chi connectivity index (χ0v) is 12.0. The summed E-state index contributed by atoms with van der Waals surface area (Å²) in [4.78, 5) is 2.46. The van der Waals surface area contributed by atoms with Crippen LogP contribution in [0.15, 0.2) is 30.3 Å². The van der Waals surface area contributed by atoms with Gasteiger partial charge in [-0.05, 0) is 24.6 Å². The number of aromatic nitrogens is 1. The second-order valence-corrected chi connectivity index (χ2v) is 6.26. The Balaban J connectivity index is 2.04. The normalized spacial score (nSPS) is 26.4. The van der Waals surface area contributed by atoms with Crippen LogP contribution in [-0.2, 0) is 6.54 Å². The van der Waals surface area contributed by atoms with Gasteiger partial charge in [0.05, 0.1) is 11.6 Å². The van der Waals surface area contributed by atoms with E-state index in [9.17, 15) is 0 Å². The van der Waals surface area contributed by atoms with Crippen molar-refractivity contribution in [3.8, 4) is 0 Å². The Morgan fingerprint density at radius 3 is 2.95 bits per heavy atom. The molecule has 0 N–H and O–H groups in total. The molecular weight excluding hydrogens is 256 g/mol. The van der Waals surface area contributed by atoms with Gasteiger partial charge in [0, 0.05) is 24.0 Å². The first-order chi connectivity index (χ1) is 9.15. The van der Waals surface area contributed by atoms with Crippen LogP contribution in [0.2, 0.25) is 5.15 Å². The smallest absolute Gasteiger partial charge is 0.110 e. The quantitative estimate of drug-likeness (QED) is 0.711. The standard InChI is InChI=1S/C16H17ClN2/c1-10-6-13-12-5-3-4-11-7-15(17)19(16(11)12)9-14(13)18(2)8-10/h3-7,10,14H,8-9H2,1-2H3/t10-,14?/m1/s1. The monoisotopic (exact) mass is 272 g/mol. The molecule has 3 heterocycles. The summed E-state index contributed by atoms with van der Waals surface area (Å²) < 4.78 is 2.26. The lowest BCUT2D eigenvalue weighted by Crippen LogP contribution is -2.43. The van der Waals surface area contributed by atoms with E-state index in [0.717, 1.165) is 18.2 Å². The zero-order chi connectivity index (χ0) is 13.1. The van der Waals surface area contributed by atoms with Gasteiger partial charge in [0.15, 0.2) is 0 Å². The summed E-state index contributed by atoms with van der Waals surface area (Å²) in [5.41, 5.74) is 4.14. The Bertz CT molecular complexity index is 698. The molecule has 19 heavy (non-hydrogen) atoms. The molecule has 0 spiro atoms. The van der Waals surface area contributed by atoms with E-state index in [-0.39, 0.29) is 0 Å². The Labute approximate surface area is 118 Å². The molecule has 0 fully saturated rings.